The van der Waals surface area contributed by atoms with Crippen LogP contribution in [0.2, 0.25) is 0 Å². The number of rotatable bonds is 7. The first-order valence-corrected chi connectivity index (χ1v) is 10.1. The molecule has 1 aromatic carbocycles. The minimum atomic E-state index is -0.742. The molecule has 1 aromatic heterocycles. The normalized spacial score (nSPS) is 16.6. The molecule has 1 saturated heterocycles. The number of nitrogens with zero attached hydrogens (tertiary/aromatic N) is 1. The number of aryl methyl sites for hydroxylation is 1. The van der Waals surface area contributed by atoms with Crippen molar-refractivity contribution in [2.75, 3.05) is 32.8 Å². The third kappa shape index (κ3) is 5.84. The quantitative estimate of drug-likeness (QED) is 0.268. The largest absolute Gasteiger partial charge is 0.388 e. The molecule has 1 fully saturated rings. The maximum atomic E-state index is 10.6. The number of H-pyrrole nitrogens is 1. The number of para-hydroxylation sites is 1. The highest BCUT2D eigenvalue weighted by atomic mass is 127. The predicted molar refractivity (Wildman–Crippen MR) is 126 cm³/mol. The Morgan fingerprint density at radius 1 is 1.21 bits per heavy atom. The Bertz CT molecular complexity index is 769. The summed E-state index contributed by atoms with van der Waals surface area (Å²) in [7, 11) is 0. The van der Waals surface area contributed by atoms with Gasteiger partial charge in [-0.1, -0.05) is 25.1 Å². The molecule has 1 aliphatic heterocycles. The van der Waals surface area contributed by atoms with Crippen LogP contribution < -0.4 is 10.6 Å². The van der Waals surface area contributed by atoms with E-state index in [9.17, 15) is 5.11 Å². The molecule has 1 aliphatic rings. The molecule has 0 spiro atoms. The zero-order valence-electron chi connectivity index (χ0n) is 16.9. The number of fused-ring (bicyclic) bond motifs is 1. The number of halogens is 1. The van der Waals surface area contributed by atoms with Gasteiger partial charge in [0.2, 0.25) is 0 Å². The van der Waals surface area contributed by atoms with Crippen molar-refractivity contribution in [3.8, 4) is 0 Å². The first-order valence-electron chi connectivity index (χ1n) is 10.1. The van der Waals surface area contributed by atoms with E-state index in [0.29, 0.717) is 32.6 Å². The minimum Gasteiger partial charge on any atom is -0.388 e. The van der Waals surface area contributed by atoms with Gasteiger partial charge in [0.1, 0.15) is 0 Å². The van der Waals surface area contributed by atoms with Gasteiger partial charge in [0, 0.05) is 56.2 Å². The van der Waals surface area contributed by atoms with Crippen LogP contribution in [0.1, 0.15) is 37.8 Å². The summed E-state index contributed by atoms with van der Waals surface area (Å²) in [5.41, 5.74) is 3.17. The lowest BCUT2D eigenvalue weighted by Gasteiger charge is -2.30. The van der Waals surface area contributed by atoms with Crippen LogP contribution in [0.25, 0.3) is 10.9 Å². The van der Waals surface area contributed by atoms with Gasteiger partial charge in [0.25, 0.3) is 0 Å². The van der Waals surface area contributed by atoms with Gasteiger partial charge in [-0.15, -0.1) is 24.0 Å². The summed E-state index contributed by atoms with van der Waals surface area (Å²) < 4.78 is 5.33. The van der Waals surface area contributed by atoms with Gasteiger partial charge in [0.05, 0.1) is 12.1 Å². The second-order valence-electron chi connectivity index (χ2n) is 7.22. The molecule has 0 bridgehead atoms. The molecule has 2 heterocycles. The molecule has 0 unspecified atom stereocenters. The van der Waals surface area contributed by atoms with E-state index in [2.05, 4.69) is 51.9 Å². The van der Waals surface area contributed by atoms with Crippen LogP contribution in [0.5, 0.6) is 0 Å². The van der Waals surface area contributed by atoms with Crippen LogP contribution in [0.15, 0.2) is 29.4 Å². The van der Waals surface area contributed by atoms with Crippen molar-refractivity contribution in [2.45, 2.75) is 45.1 Å². The van der Waals surface area contributed by atoms with Gasteiger partial charge in [0.15, 0.2) is 5.96 Å². The number of hydrogen-bond donors (Lipinski definition) is 4. The smallest absolute Gasteiger partial charge is 0.191 e. The predicted octanol–water partition coefficient (Wildman–Crippen LogP) is 2.99. The molecule has 0 radical (unpaired) electrons. The van der Waals surface area contributed by atoms with Crippen LogP contribution in [-0.4, -0.2) is 54.5 Å². The molecular weight excluding hydrogens is 467 g/mol. The lowest BCUT2D eigenvalue weighted by molar-refractivity contribution is -0.0565. The van der Waals surface area contributed by atoms with Gasteiger partial charge in [-0.25, -0.2) is 0 Å². The topological polar surface area (TPSA) is 81.7 Å². The van der Waals surface area contributed by atoms with Crippen LogP contribution in [0.4, 0.5) is 0 Å². The highest BCUT2D eigenvalue weighted by Crippen LogP contribution is 2.22. The van der Waals surface area contributed by atoms with Gasteiger partial charge < -0.3 is 25.5 Å². The third-order valence-corrected chi connectivity index (χ3v) is 5.25. The minimum absolute atomic E-state index is 0. The van der Waals surface area contributed by atoms with E-state index in [-0.39, 0.29) is 24.0 Å². The Morgan fingerprint density at radius 3 is 2.71 bits per heavy atom. The molecule has 2 aromatic rings. The van der Waals surface area contributed by atoms with Crippen molar-refractivity contribution in [2.24, 2.45) is 4.99 Å². The number of ether oxygens (including phenoxy) is 1. The first kappa shape index (κ1) is 23.0. The van der Waals surface area contributed by atoms with E-state index in [1.54, 1.807) is 0 Å². The molecule has 28 heavy (non-hydrogen) atoms. The molecular formula is C21H33IN4O2. The Labute approximate surface area is 184 Å². The van der Waals surface area contributed by atoms with Gasteiger partial charge in [-0.3, -0.25) is 4.99 Å². The van der Waals surface area contributed by atoms with Crippen molar-refractivity contribution < 1.29 is 9.84 Å². The molecule has 4 N–H and O–H groups in total. The summed E-state index contributed by atoms with van der Waals surface area (Å²) in [6.07, 6.45) is 5.34. The number of aromatic nitrogens is 1. The molecule has 3 rings (SSSR count). The fourth-order valence-corrected chi connectivity index (χ4v) is 3.57. The zero-order chi connectivity index (χ0) is 19.1. The fourth-order valence-electron chi connectivity index (χ4n) is 3.57. The Morgan fingerprint density at radius 2 is 2.00 bits per heavy atom. The van der Waals surface area contributed by atoms with Crippen molar-refractivity contribution in [1.29, 1.82) is 0 Å². The molecule has 0 atom stereocenters. The van der Waals surface area contributed by atoms with Crippen molar-refractivity contribution >= 4 is 40.8 Å². The first-order chi connectivity index (χ1) is 13.1. The summed E-state index contributed by atoms with van der Waals surface area (Å²) >= 11 is 0. The van der Waals surface area contributed by atoms with Crippen LogP contribution >= 0.6 is 24.0 Å². The standard InChI is InChI=1S/C21H32N4O2.HI/c1-3-16-6-5-7-18-17(14-24-19(16)18)8-11-23-20(22-4-2)25-15-21(26)9-12-27-13-10-21;/h5-7,14,24,26H,3-4,8-13,15H2,1-2H3,(H2,22,23,25);1H. The van der Waals surface area contributed by atoms with Crippen molar-refractivity contribution in [3.05, 3.63) is 35.5 Å². The number of aromatic amines is 1. The SMILES string of the molecule is CCNC(=NCC1(O)CCOCC1)NCCc1c[nH]c2c(CC)cccc12.I. The second kappa shape index (κ2) is 11.0. The third-order valence-electron chi connectivity index (χ3n) is 5.25. The molecule has 7 heteroatoms. The van der Waals surface area contributed by atoms with Crippen LogP contribution in [0, 0.1) is 0 Å². The summed E-state index contributed by atoms with van der Waals surface area (Å²) in [4.78, 5) is 8.02. The van der Waals surface area contributed by atoms with Gasteiger partial charge >= 0.3 is 0 Å². The Balaban J connectivity index is 0.00000280. The fraction of sp³-hybridized carbons (Fsp3) is 0.571. The van der Waals surface area contributed by atoms with Gasteiger partial charge in [-0.05, 0) is 30.9 Å². The lowest BCUT2D eigenvalue weighted by Crippen LogP contribution is -2.43. The number of aliphatic imine (C=N–C) groups is 1. The lowest BCUT2D eigenvalue weighted by atomic mass is 9.95. The Hall–Kier alpha value is -1.32. The molecule has 0 amide bonds. The summed E-state index contributed by atoms with van der Waals surface area (Å²) in [6, 6.07) is 6.49. The summed E-state index contributed by atoms with van der Waals surface area (Å²) in [5, 5.41) is 18.5. The number of nitrogens with one attached hydrogen (secondary N) is 3. The summed E-state index contributed by atoms with van der Waals surface area (Å²) in [5.74, 6) is 0.756. The van der Waals surface area contributed by atoms with E-state index >= 15 is 0 Å². The van der Waals surface area contributed by atoms with E-state index in [0.717, 1.165) is 31.9 Å². The Kier molecular flexibility index (Phi) is 9.04. The van der Waals surface area contributed by atoms with Gasteiger partial charge in [-0.2, -0.15) is 0 Å². The van der Waals surface area contributed by atoms with E-state index in [1.165, 1.54) is 22.0 Å². The average Bonchev–Trinajstić information content (AvgIpc) is 3.10. The molecule has 0 aliphatic carbocycles. The molecule has 156 valence electrons. The number of hydrogen-bond acceptors (Lipinski definition) is 3. The van der Waals surface area contributed by atoms with E-state index < -0.39 is 5.60 Å². The second-order valence-corrected chi connectivity index (χ2v) is 7.22. The average molecular weight is 500 g/mol. The number of aliphatic hydroxyl groups is 1. The van der Waals surface area contributed by atoms with Crippen molar-refractivity contribution in [1.82, 2.24) is 15.6 Å². The maximum absolute atomic E-state index is 10.6. The highest BCUT2D eigenvalue weighted by Gasteiger charge is 2.29. The summed E-state index contributed by atoms with van der Waals surface area (Å²) in [6.45, 7) is 7.43. The zero-order valence-corrected chi connectivity index (χ0v) is 19.2. The number of guanidine groups is 1. The monoisotopic (exact) mass is 500 g/mol. The van der Waals surface area contributed by atoms with Crippen LogP contribution in [-0.2, 0) is 17.6 Å². The van der Waals surface area contributed by atoms with Crippen molar-refractivity contribution in [3.63, 3.8) is 0 Å². The molecule has 0 saturated carbocycles. The van der Waals surface area contributed by atoms with E-state index in [4.69, 9.17) is 4.74 Å². The highest BCUT2D eigenvalue weighted by molar-refractivity contribution is 14.0. The van der Waals surface area contributed by atoms with Crippen LogP contribution in [0.3, 0.4) is 0 Å². The molecule has 6 nitrogen and oxygen atoms in total. The number of benzene rings is 1. The maximum Gasteiger partial charge on any atom is 0.191 e. The van der Waals surface area contributed by atoms with E-state index in [1.807, 2.05) is 6.92 Å².